The van der Waals surface area contributed by atoms with Gasteiger partial charge in [0.25, 0.3) is 5.91 Å². The topological polar surface area (TPSA) is 46.9 Å². The van der Waals surface area contributed by atoms with Crippen molar-refractivity contribution in [3.8, 4) is 5.69 Å². The Morgan fingerprint density at radius 1 is 1.09 bits per heavy atom. The summed E-state index contributed by atoms with van der Waals surface area (Å²) in [5, 5.41) is 7.35. The average molecular weight is 439 g/mol. The Balaban J connectivity index is 1.61. The highest BCUT2D eigenvalue weighted by molar-refractivity contribution is 6.04. The Bertz CT molecular complexity index is 1210. The van der Waals surface area contributed by atoms with Crippen LogP contribution in [0.2, 0.25) is 0 Å². The van der Waals surface area contributed by atoms with Gasteiger partial charge in [-0.15, -0.1) is 0 Å². The van der Waals surface area contributed by atoms with Crippen LogP contribution < -0.4 is 5.32 Å². The van der Waals surface area contributed by atoms with Crippen LogP contribution in [0.4, 0.5) is 18.9 Å². The fourth-order valence-electron chi connectivity index (χ4n) is 5.61. The van der Waals surface area contributed by atoms with Crippen LogP contribution in [-0.4, -0.2) is 15.7 Å². The first-order valence-electron chi connectivity index (χ1n) is 10.7. The number of carbonyl (C=O) groups is 1. The van der Waals surface area contributed by atoms with Crippen molar-refractivity contribution in [1.29, 1.82) is 0 Å². The highest BCUT2D eigenvalue weighted by Gasteiger charge is 2.63. The number of aromatic nitrogens is 2. The molecule has 0 spiro atoms. The third kappa shape index (κ3) is 2.83. The molecule has 166 valence electrons. The quantitative estimate of drug-likeness (QED) is 0.519. The van der Waals surface area contributed by atoms with E-state index in [4.69, 9.17) is 5.10 Å². The van der Waals surface area contributed by atoms with Crippen molar-refractivity contribution in [2.24, 2.45) is 5.41 Å². The second kappa shape index (κ2) is 6.70. The normalized spacial score (nSPS) is 23.2. The van der Waals surface area contributed by atoms with E-state index in [2.05, 4.69) is 26.1 Å². The summed E-state index contributed by atoms with van der Waals surface area (Å²) in [5.41, 5.74) is 2.22. The van der Waals surface area contributed by atoms with Crippen LogP contribution in [0, 0.1) is 5.41 Å². The maximum atomic E-state index is 13.3. The van der Waals surface area contributed by atoms with E-state index in [0.717, 1.165) is 41.9 Å². The monoisotopic (exact) mass is 439 g/mol. The third-order valence-electron chi connectivity index (χ3n) is 7.68. The van der Waals surface area contributed by atoms with E-state index in [1.54, 1.807) is 0 Å². The van der Waals surface area contributed by atoms with Gasteiger partial charge in [0.2, 0.25) is 0 Å². The van der Waals surface area contributed by atoms with Crippen LogP contribution in [-0.2, 0) is 11.6 Å². The van der Waals surface area contributed by atoms with Gasteiger partial charge in [0.15, 0.2) is 5.69 Å². The molecule has 2 atom stereocenters. The molecule has 7 heteroatoms. The first kappa shape index (κ1) is 20.8. The van der Waals surface area contributed by atoms with E-state index in [1.807, 2.05) is 35.0 Å². The molecule has 5 rings (SSSR count). The summed E-state index contributed by atoms with van der Waals surface area (Å²) in [7, 11) is 0. The summed E-state index contributed by atoms with van der Waals surface area (Å²) in [6.07, 6.45) is -2.51. The molecule has 1 heterocycles. The number of hydrogen-bond donors (Lipinski definition) is 1. The number of nitrogens with one attached hydrogen (secondary N) is 1. The molecule has 1 fully saturated rings. The molecule has 3 aromatic rings. The maximum Gasteiger partial charge on any atom is 0.416 e. The smallest absolute Gasteiger partial charge is 0.321 e. The molecule has 1 saturated carbocycles. The van der Waals surface area contributed by atoms with Crippen LogP contribution in [0.5, 0.6) is 0 Å². The average Bonchev–Trinajstić information content (AvgIpc) is 3.30. The van der Waals surface area contributed by atoms with E-state index in [1.165, 1.54) is 12.1 Å². The zero-order valence-electron chi connectivity index (χ0n) is 18.1. The second-order valence-electron chi connectivity index (χ2n) is 9.54. The van der Waals surface area contributed by atoms with Crippen LogP contribution in [0.1, 0.15) is 66.8 Å². The zero-order valence-corrected chi connectivity index (χ0v) is 18.1. The minimum absolute atomic E-state index is 0.0532. The molecule has 2 aliphatic carbocycles. The predicted molar refractivity (Wildman–Crippen MR) is 116 cm³/mol. The molecule has 2 aromatic carbocycles. The lowest BCUT2D eigenvalue weighted by atomic mass is 9.70. The molecule has 1 aromatic heterocycles. The van der Waals surface area contributed by atoms with Gasteiger partial charge in [0.05, 0.1) is 16.9 Å². The number of carbonyl (C=O) groups excluding carboxylic acids is 1. The van der Waals surface area contributed by atoms with E-state index in [9.17, 15) is 18.0 Å². The van der Waals surface area contributed by atoms with Crippen molar-refractivity contribution >= 4 is 11.6 Å². The van der Waals surface area contributed by atoms with Gasteiger partial charge in [-0.1, -0.05) is 45.0 Å². The molecule has 0 aliphatic heterocycles. The Morgan fingerprint density at radius 2 is 1.81 bits per heavy atom. The minimum atomic E-state index is -4.48. The molecule has 1 N–H and O–H groups in total. The van der Waals surface area contributed by atoms with Crippen molar-refractivity contribution in [3.63, 3.8) is 0 Å². The maximum absolute atomic E-state index is 13.3. The standard InChI is InChI=1S/C25H24F3N3O/c1-23(2)18-12-13-24(23,3)21-19(18)20(30-31(21)17-10-5-4-6-11-17)22(32)29-16-9-7-8-15(14-16)25(26,27)28/h4-11,14,18H,12-13H2,1-3H3,(H,29,32)/t18-,24+/m1/s1. The number of nitrogens with zero attached hydrogens (tertiary/aromatic N) is 2. The van der Waals surface area contributed by atoms with Crippen molar-refractivity contribution in [2.45, 2.75) is 51.1 Å². The van der Waals surface area contributed by atoms with Crippen LogP contribution in [0.25, 0.3) is 5.69 Å². The van der Waals surface area contributed by atoms with Gasteiger partial charge >= 0.3 is 6.18 Å². The van der Waals surface area contributed by atoms with Gasteiger partial charge in [0, 0.05) is 16.7 Å². The summed E-state index contributed by atoms with van der Waals surface area (Å²) in [6.45, 7) is 6.69. The van der Waals surface area contributed by atoms with E-state index in [0.29, 0.717) is 5.69 Å². The van der Waals surface area contributed by atoms with E-state index in [-0.39, 0.29) is 22.4 Å². The molecule has 0 unspecified atom stereocenters. The number of alkyl halides is 3. The van der Waals surface area contributed by atoms with Crippen LogP contribution >= 0.6 is 0 Å². The van der Waals surface area contributed by atoms with Crippen molar-refractivity contribution in [1.82, 2.24) is 9.78 Å². The van der Waals surface area contributed by atoms with E-state index >= 15 is 0 Å². The minimum Gasteiger partial charge on any atom is -0.321 e. The Kier molecular flexibility index (Phi) is 4.36. The van der Waals surface area contributed by atoms with Gasteiger partial charge in [-0.2, -0.15) is 18.3 Å². The largest absolute Gasteiger partial charge is 0.416 e. The van der Waals surface area contributed by atoms with Crippen LogP contribution in [0.3, 0.4) is 0 Å². The number of hydrogen-bond acceptors (Lipinski definition) is 2. The third-order valence-corrected chi connectivity index (χ3v) is 7.68. The predicted octanol–water partition coefficient (Wildman–Crippen LogP) is 6.32. The number of halogens is 3. The molecular formula is C25H24F3N3O. The molecule has 2 aliphatic rings. The summed E-state index contributed by atoms with van der Waals surface area (Å²) < 4.78 is 41.2. The van der Waals surface area contributed by atoms with Crippen LogP contribution in [0.15, 0.2) is 54.6 Å². The molecular weight excluding hydrogens is 415 g/mol. The summed E-state index contributed by atoms with van der Waals surface area (Å²) in [5.74, 6) is -0.315. The number of fused-ring (bicyclic) bond motifs is 5. The first-order valence-corrected chi connectivity index (χ1v) is 10.7. The van der Waals surface area contributed by atoms with Crippen molar-refractivity contribution in [3.05, 3.63) is 77.1 Å². The van der Waals surface area contributed by atoms with Crippen molar-refractivity contribution in [2.75, 3.05) is 5.32 Å². The van der Waals surface area contributed by atoms with Crippen molar-refractivity contribution < 1.29 is 18.0 Å². The molecule has 1 amide bonds. The van der Waals surface area contributed by atoms with Gasteiger partial charge in [-0.25, -0.2) is 4.68 Å². The molecule has 32 heavy (non-hydrogen) atoms. The molecule has 4 nitrogen and oxygen atoms in total. The molecule has 0 radical (unpaired) electrons. The number of benzene rings is 2. The van der Waals surface area contributed by atoms with E-state index < -0.39 is 17.6 Å². The Labute approximate surface area is 184 Å². The van der Waals surface area contributed by atoms with Gasteiger partial charge in [0.1, 0.15) is 0 Å². The number of para-hydroxylation sites is 1. The molecule has 2 bridgehead atoms. The second-order valence-corrected chi connectivity index (χ2v) is 9.54. The number of anilines is 1. The Morgan fingerprint density at radius 3 is 2.50 bits per heavy atom. The summed E-state index contributed by atoms with van der Waals surface area (Å²) >= 11 is 0. The summed E-state index contributed by atoms with van der Waals surface area (Å²) in [6, 6.07) is 14.3. The zero-order chi connectivity index (χ0) is 22.9. The van der Waals surface area contributed by atoms with Gasteiger partial charge in [-0.05, 0) is 54.5 Å². The molecule has 0 saturated heterocycles. The SMILES string of the molecule is CC1(C)[C@@H]2CC[C@@]1(C)c1c2c(C(=O)Nc2cccc(C(F)(F)F)c2)nn1-c1ccccc1. The highest BCUT2D eigenvalue weighted by Crippen LogP contribution is 2.68. The lowest BCUT2D eigenvalue weighted by molar-refractivity contribution is -0.137. The lowest BCUT2D eigenvalue weighted by Crippen LogP contribution is -2.33. The fourth-order valence-corrected chi connectivity index (χ4v) is 5.61. The summed E-state index contributed by atoms with van der Waals surface area (Å²) in [4.78, 5) is 13.3. The first-order chi connectivity index (χ1) is 15.0. The van der Waals surface area contributed by atoms with Gasteiger partial charge < -0.3 is 5.32 Å². The fraction of sp³-hybridized carbons (Fsp3) is 0.360. The van der Waals surface area contributed by atoms with Gasteiger partial charge in [-0.3, -0.25) is 4.79 Å². The Hall–Kier alpha value is -3.09. The number of rotatable bonds is 3. The number of amides is 1. The lowest BCUT2D eigenvalue weighted by Gasteiger charge is -2.35. The highest BCUT2D eigenvalue weighted by atomic mass is 19.4.